The van der Waals surface area contributed by atoms with E-state index in [9.17, 15) is 4.79 Å². The third-order valence-electron chi connectivity index (χ3n) is 3.91. The number of furan rings is 1. The average molecular weight is 288 g/mol. The molecule has 2 aromatic heterocycles. The van der Waals surface area contributed by atoms with Gasteiger partial charge in [-0.05, 0) is 25.0 Å². The van der Waals surface area contributed by atoms with Gasteiger partial charge >= 0.3 is 0 Å². The van der Waals surface area contributed by atoms with Crippen LogP contribution in [0.1, 0.15) is 30.2 Å². The molecule has 0 bridgehead atoms. The van der Waals surface area contributed by atoms with Crippen LogP contribution in [0.5, 0.6) is 0 Å². The Morgan fingerprint density at radius 3 is 3.19 bits per heavy atom. The molecule has 1 unspecified atom stereocenters. The fourth-order valence-corrected chi connectivity index (χ4v) is 2.82. The fraction of sp³-hybridized carbons (Fsp3) is 0.438. The minimum Gasteiger partial charge on any atom is -0.469 e. The lowest BCUT2D eigenvalue weighted by atomic mass is 9.93. The molecular weight excluding hydrogens is 268 g/mol. The second kappa shape index (κ2) is 6.18. The molecule has 21 heavy (non-hydrogen) atoms. The minimum atomic E-state index is -0.00903. The summed E-state index contributed by atoms with van der Waals surface area (Å²) in [4.78, 5) is 11.8. The fourth-order valence-electron chi connectivity index (χ4n) is 2.82. The zero-order valence-electron chi connectivity index (χ0n) is 12.2. The molecule has 0 aromatic carbocycles. The van der Waals surface area contributed by atoms with E-state index in [0.717, 1.165) is 30.7 Å². The maximum absolute atomic E-state index is 11.8. The molecule has 1 N–H and O–H groups in total. The van der Waals surface area contributed by atoms with Gasteiger partial charge in [-0.3, -0.25) is 4.79 Å². The van der Waals surface area contributed by atoms with E-state index in [1.165, 1.54) is 5.56 Å². The second-order valence-electron chi connectivity index (χ2n) is 5.33. The van der Waals surface area contributed by atoms with E-state index in [1.807, 2.05) is 18.3 Å². The van der Waals surface area contributed by atoms with Crippen molar-refractivity contribution < 1.29 is 9.15 Å². The van der Waals surface area contributed by atoms with Crippen LogP contribution in [0.2, 0.25) is 0 Å². The number of nitrogens with zero attached hydrogens (tertiary/aromatic N) is 1. The average Bonchev–Trinajstić information content (AvgIpc) is 2.97. The third-order valence-corrected chi connectivity index (χ3v) is 3.91. The molecule has 5 heteroatoms. The van der Waals surface area contributed by atoms with E-state index in [-0.39, 0.29) is 11.6 Å². The highest BCUT2D eigenvalue weighted by molar-refractivity contribution is 5.44. The predicted octanol–water partition coefficient (Wildman–Crippen LogP) is 2.58. The lowest BCUT2D eigenvalue weighted by Gasteiger charge is -2.24. The summed E-state index contributed by atoms with van der Waals surface area (Å²) < 4.78 is 12.2. The lowest BCUT2D eigenvalue weighted by molar-refractivity contribution is 0.186. The first-order valence-corrected chi connectivity index (χ1v) is 7.30. The van der Waals surface area contributed by atoms with E-state index in [4.69, 9.17) is 9.15 Å². The highest BCUT2D eigenvalue weighted by atomic mass is 16.5. The number of pyridine rings is 1. The van der Waals surface area contributed by atoms with Gasteiger partial charge in [-0.25, -0.2) is 0 Å². The molecule has 1 aliphatic carbocycles. The molecular formula is C16H20N2O3. The van der Waals surface area contributed by atoms with Crippen LogP contribution in [-0.4, -0.2) is 18.3 Å². The third kappa shape index (κ3) is 3.03. The van der Waals surface area contributed by atoms with Gasteiger partial charge in [0.05, 0.1) is 24.6 Å². The van der Waals surface area contributed by atoms with Crippen LogP contribution in [0.25, 0.3) is 0 Å². The van der Waals surface area contributed by atoms with Crippen molar-refractivity contribution >= 4 is 5.69 Å². The molecule has 1 aliphatic rings. The summed E-state index contributed by atoms with van der Waals surface area (Å²) in [6.45, 7) is 1.09. The Morgan fingerprint density at radius 2 is 2.33 bits per heavy atom. The number of hydrogen-bond acceptors (Lipinski definition) is 4. The number of nitrogens with one attached hydrogen (secondary N) is 1. The molecule has 2 aromatic rings. The van der Waals surface area contributed by atoms with Gasteiger partial charge in [-0.15, -0.1) is 0 Å². The van der Waals surface area contributed by atoms with Gasteiger partial charge in [0, 0.05) is 37.9 Å². The molecule has 0 fully saturated rings. The molecule has 5 nitrogen and oxygen atoms in total. The Balaban J connectivity index is 1.78. The first-order valence-electron chi connectivity index (χ1n) is 7.30. The molecule has 0 spiro atoms. The van der Waals surface area contributed by atoms with E-state index in [1.54, 1.807) is 24.0 Å². The van der Waals surface area contributed by atoms with Crippen LogP contribution in [0, 0.1) is 0 Å². The zero-order chi connectivity index (χ0) is 14.7. The molecule has 2 heterocycles. The zero-order valence-corrected chi connectivity index (χ0v) is 12.2. The standard InChI is InChI=1S/C16H20N2O3/c1-20-10-8-18-11-12(5-6-16(18)19)17-14-3-2-4-15-13(14)7-9-21-15/h5-7,9,11,14,17H,2-4,8,10H2,1H3. The molecule has 1 atom stereocenters. The topological polar surface area (TPSA) is 56.4 Å². The number of hydrogen-bond donors (Lipinski definition) is 1. The molecule has 0 aliphatic heterocycles. The smallest absolute Gasteiger partial charge is 0.250 e. The van der Waals surface area contributed by atoms with E-state index in [0.29, 0.717) is 13.2 Å². The summed E-state index contributed by atoms with van der Waals surface area (Å²) in [6.07, 6.45) is 6.80. The quantitative estimate of drug-likeness (QED) is 0.918. The highest BCUT2D eigenvalue weighted by Gasteiger charge is 2.22. The Hall–Kier alpha value is -2.01. The van der Waals surface area contributed by atoms with Crippen LogP contribution in [0.4, 0.5) is 5.69 Å². The number of fused-ring (bicyclic) bond motifs is 1. The van der Waals surface area contributed by atoms with Crippen LogP contribution in [-0.2, 0) is 17.7 Å². The van der Waals surface area contributed by atoms with Crippen LogP contribution < -0.4 is 10.9 Å². The molecule has 112 valence electrons. The summed E-state index contributed by atoms with van der Waals surface area (Å²) in [6, 6.07) is 5.71. The van der Waals surface area contributed by atoms with Gasteiger partial charge < -0.3 is 19.0 Å². The number of aryl methyl sites for hydroxylation is 1. The molecule has 0 amide bonds. The van der Waals surface area contributed by atoms with Crippen molar-refractivity contribution in [1.29, 1.82) is 0 Å². The molecule has 3 rings (SSSR count). The number of ether oxygens (including phenoxy) is 1. The monoisotopic (exact) mass is 288 g/mol. The van der Waals surface area contributed by atoms with Crippen molar-refractivity contribution in [3.63, 3.8) is 0 Å². The van der Waals surface area contributed by atoms with E-state index >= 15 is 0 Å². The summed E-state index contributed by atoms with van der Waals surface area (Å²) in [5.41, 5.74) is 2.17. The maximum Gasteiger partial charge on any atom is 0.250 e. The first-order chi connectivity index (χ1) is 10.3. The maximum atomic E-state index is 11.8. The van der Waals surface area contributed by atoms with Crippen LogP contribution in [0.3, 0.4) is 0 Å². The predicted molar refractivity (Wildman–Crippen MR) is 80.6 cm³/mol. The first kappa shape index (κ1) is 13.9. The highest BCUT2D eigenvalue weighted by Crippen LogP contribution is 2.32. The SMILES string of the molecule is COCCn1cc(NC2CCCc3occc32)ccc1=O. The Kier molecular flexibility index (Phi) is 4.10. The van der Waals surface area contributed by atoms with E-state index in [2.05, 4.69) is 5.32 Å². The second-order valence-corrected chi connectivity index (χ2v) is 5.33. The summed E-state index contributed by atoms with van der Waals surface area (Å²) in [7, 11) is 1.63. The number of methoxy groups -OCH3 is 1. The van der Waals surface area contributed by atoms with Gasteiger partial charge in [0.1, 0.15) is 5.76 Å². The normalized spacial score (nSPS) is 17.5. The van der Waals surface area contributed by atoms with Crippen LogP contribution >= 0.6 is 0 Å². The Bertz CT molecular complexity index is 660. The van der Waals surface area contributed by atoms with Crippen molar-refractivity contribution in [3.05, 3.63) is 52.3 Å². The number of rotatable bonds is 5. The summed E-state index contributed by atoms with van der Waals surface area (Å²) in [5.74, 6) is 1.08. The van der Waals surface area contributed by atoms with Gasteiger partial charge in [0.25, 0.3) is 5.56 Å². The number of aromatic nitrogens is 1. The molecule has 0 saturated heterocycles. The Labute approximate surface area is 123 Å². The van der Waals surface area contributed by atoms with Crippen molar-refractivity contribution in [2.75, 3.05) is 19.0 Å². The largest absolute Gasteiger partial charge is 0.469 e. The molecule has 0 radical (unpaired) electrons. The van der Waals surface area contributed by atoms with Gasteiger partial charge in [0.15, 0.2) is 0 Å². The van der Waals surface area contributed by atoms with Crippen LogP contribution in [0.15, 0.2) is 39.9 Å². The van der Waals surface area contributed by atoms with E-state index < -0.39 is 0 Å². The van der Waals surface area contributed by atoms with Crippen molar-refractivity contribution in [2.45, 2.75) is 31.8 Å². The van der Waals surface area contributed by atoms with Gasteiger partial charge in [0.2, 0.25) is 0 Å². The Morgan fingerprint density at radius 1 is 1.43 bits per heavy atom. The molecule has 0 saturated carbocycles. The summed E-state index contributed by atoms with van der Waals surface area (Å²) >= 11 is 0. The minimum absolute atomic E-state index is 0.00903. The summed E-state index contributed by atoms with van der Waals surface area (Å²) in [5, 5.41) is 3.51. The van der Waals surface area contributed by atoms with Gasteiger partial charge in [-0.1, -0.05) is 0 Å². The van der Waals surface area contributed by atoms with Crippen molar-refractivity contribution in [2.24, 2.45) is 0 Å². The lowest BCUT2D eigenvalue weighted by Crippen LogP contribution is -2.22. The van der Waals surface area contributed by atoms with Gasteiger partial charge in [-0.2, -0.15) is 0 Å². The van der Waals surface area contributed by atoms with Crippen molar-refractivity contribution in [3.8, 4) is 0 Å². The number of anilines is 1. The van der Waals surface area contributed by atoms with Crippen molar-refractivity contribution in [1.82, 2.24) is 4.57 Å².